The van der Waals surface area contributed by atoms with Crippen LogP contribution in [0.25, 0.3) is 11.0 Å². The second-order valence-electron chi connectivity index (χ2n) is 6.02. The van der Waals surface area contributed by atoms with Gasteiger partial charge < -0.3 is 9.88 Å². The highest BCUT2D eigenvalue weighted by atomic mass is 35.5. The number of rotatable bonds is 7. The number of benzene rings is 2. The Kier molecular flexibility index (Phi) is 5.71. The molecule has 0 atom stereocenters. The molecule has 3 aromatic rings. The maximum Gasteiger partial charge on any atom is 0.224 e. The summed E-state index contributed by atoms with van der Waals surface area (Å²) in [5.41, 5.74) is 3.17. The molecule has 1 heterocycles. The van der Waals surface area contributed by atoms with Gasteiger partial charge in [0.15, 0.2) is 0 Å². The van der Waals surface area contributed by atoms with Gasteiger partial charge in [-0.05, 0) is 43.2 Å². The third-order valence-corrected chi connectivity index (χ3v) is 4.48. The molecule has 0 aliphatic carbocycles. The smallest absolute Gasteiger partial charge is 0.224 e. The van der Waals surface area contributed by atoms with Gasteiger partial charge in [0.1, 0.15) is 5.82 Å². The zero-order chi connectivity index (χ0) is 17.6. The summed E-state index contributed by atoms with van der Waals surface area (Å²) in [6.07, 6.45) is 2.10. The molecule has 0 fully saturated rings. The summed E-state index contributed by atoms with van der Waals surface area (Å²) >= 11 is 5.85. The molecule has 130 valence electrons. The van der Waals surface area contributed by atoms with Crippen LogP contribution >= 0.6 is 11.6 Å². The number of halogens is 1. The fraction of sp³-hybridized carbons (Fsp3) is 0.300. The molecule has 4 nitrogen and oxygen atoms in total. The highest BCUT2D eigenvalue weighted by Crippen LogP contribution is 2.16. The van der Waals surface area contributed by atoms with Crippen molar-refractivity contribution in [3.8, 4) is 0 Å². The SMILES string of the molecule is CCn1c(CCCNC(=O)Cc2ccc(Cl)cc2)nc2ccccc21. The lowest BCUT2D eigenvalue weighted by molar-refractivity contribution is -0.120. The lowest BCUT2D eigenvalue weighted by Gasteiger charge is -2.07. The molecule has 25 heavy (non-hydrogen) atoms. The predicted molar refractivity (Wildman–Crippen MR) is 102 cm³/mol. The van der Waals surface area contributed by atoms with Crippen molar-refractivity contribution in [2.45, 2.75) is 32.7 Å². The molecule has 0 saturated heterocycles. The number of hydrogen-bond donors (Lipinski definition) is 1. The second kappa shape index (κ2) is 8.17. The van der Waals surface area contributed by atoms with Crippen LogP contribution < -0.4 is 5.32 Å². The van der Waals surface area contributed by atoms with Crippen molar-refractivity contribution >= 4 is 28.5 Å². The number of nitrogens with one attached hydrogen (secondary N) is 1. The molecule has 3 rings (SSSR count). The highest BCUT2D eigenvalue weighted by molar-refractivity contribution is 6.30. The molecule has 0 aliphatic rings. The van der Waals surface area contributed by atoms with Crippen LogP contribution in [0, 0.1) is 0 Å². The lowest BCUT2D eigenvalue weighted by atomic mass is 10.1. The van der Waals surface area contributed by atoms with Crippen molar-refractivity contribution in [1.29, 1.82) is 0 Å². The van der Waals surface area contributed by atoms with E-state index in [9.17, 15) is 4.79 Å². The van der Waals surface area contributed by atoms with E-state index in [1.807, 2.05) is 30.3 Å². The van der Waals surface area contributed by atoms with Crippen molar-refractivity contribution < 1.29 is 4.79 Å². The first-order chi connectivity index (χ1) is 12.2. The minimum Gasteiger partial charge on any atom is -0.356 e. The van der Waals surface area contributed by atoms with Crippen molar-refractivity contribution in [3.05, 3.63) is 64.9 Å². The molecular weight excluding hydrogens is 334 g/mol. The van der Waals surface area contributed by atoms with Crippen molar-refractivity contribution in [2.24, 2.45) is 0 Å². The topological polar surface area (TPSA) is 46.9 Å². The van der Waals surface area contributed by atoms with E-state index in [0.29, 0.717) is 18.0 Å². The van der Waals surface area contributed by atoms with Crippen LogP contribution in [-0.4, -0.2) is 22.0 Å². The monoisotopic (exact) mass is 355 g/mol. The van der Waals surface area contributed by atoms with Crippen molar-refractivity contribution in [1.82, 2.24) is 14.9 Å². The number of carbonyl (C=O) groups excluding carboxylic acids is 1. The molecule has 2 aromatic carbocycles. The van der Waals surface area contributed by atoms with Crippen molar-refractivity contribution in [3.63, 3.8) is 0 Å². The number of nitrogens with zero attached hydrogens (tertiary/aromatic N) is 2. The first-order valence-electron chi connectivity index (χ1n) is 8.62. The van der Waals surface area contributed by atoms with E-state index in [4.69, 9.17) is 16.6 Å². The molecule has 1 N–H and O–H groups in total. The molecule has 0 saturated carbocycles. The molecule has 1 aromatic heterocycles. The minimum absolute atomic E-state index is 0.0336. The third kappa shape index (κ3) is 4.40. The van der Waals surface area contributed by atoms with E-state index in [1.54, 1.807) is 12.1 Å². The molecule has 0 radical (unpaired) electrons. The van der Waals surface area contributed by atoms with Gasteiger partial charge in [0.05, 0.1) is 17.5 Å². The second-order valence-corrected chi connectivity index (χ2v) is 6.45. The molecule has 0 bridgehead atoms. The van der Waals surface area contributed by atoms with Gasteiger partial charge in [0.2, 0.25) is 5.91 Å². The normalized spacial score (nSPS) is 11.0. The summed E-state index contributed by atoms with van der Waals surface area (Å²) in [4.78, 5) is 16.7. The number of fused-ring (bicyclic) bond motifs is 1. The van der Waals surface area contributed by atoms with Gasteiger partial charge in [-0.1, -0.05) is 35.9 Å². The summed E-state index contributed by atoms with van der Waals surface area (Å²) < 4.78 is 2.24. The van der Waals surface area contributed by atoms with Crippen LogP contribution in [0.1, 0.15) is 24.7 Å². The van der Waals surface area contributed by atoms with Gasteiger partial charge >= 0.3 is 0 Å². The summed E-state index contributed by atoms with van der Waals surface area (Å²) in [5, 5.41) is 3.66. The number of aromatic nitrogens is 2. The van der Waals surface area contributed by atoms with E-state index in [1.165, 1.54) is 5.52 Å². The summed E-state index contributed by atoms with van der Waals surface area (Å²) in [7, 11) is 0. The van der Waals surface area contributed by atoms with E-state index in [-0.39, 0.29) is 5.91 Å². The van der Waals surface area contributed by atoms with Gasteiger partial charge in [-0.2, -0.15) is 0 Å². The largest absolute Gasteiger partial charge is 0.356 e. The van der Waals surface area contributed by atoms with Crippen LogP contribution in [0.3, 0.4) is 0 Å². The molecular formula is C20H22ClN3O. The predicted octanol–water partition coefficient (Wildman–Crippen LogP) is 4.00. The number of imidazole rings is 1. The van der Waals surface area contributed by atoms with Crippen LogP contribution in [-0.2, 0) is 24.2 Å². The van der Waals surface area contributed by atoms with Crippen LogP contribution in [0.2, 0.25) is 5.02 Å². The molecule has 1 amide bonds. The standard InChI is InChI=1S/C20H22ClN3O/c1-2-24-18-7-4-3-6-17(18)23-19(24)8-5-13-22-20(25)14-15-9-11-16(21)12-10-15/h3-4,6-7,9-12H,2,5,8,13-14H2,1H3,(H,22,25). The zero-order valence-corrected chi connectivity index (χ0v) is 15.1. The first-order valence-corrected chi connectivity index (χ1v) is 9.00. The maximum atomic E-state index is 12.0. The van der Waals surface area contributed by atoms with Gasteiger partial charge in [-0.25, -0.2) is 4.98 Å². The lowest BCUT2D eigenvalue weighted by Crippen LogP contribution is -2.26. The average Bonchev–Trinajstić information content (AvgIpc) is 2.98. The average molecular weight is 356 g/mol. The Morgan fingerprint density at radius 1 is 1.16 bits per heavy atom. The Bertz CT molecular complexity index is 855. The number of carbonyl (C=O) groups is 1. The van der Waals surface area contributed by atoms with E-state index in [2.05, 4.69) is 22.9 Å². The highest BCUT2D eigenvalue weighted by Gasteiger charge is 2.09. The maximum absolute atomic E-state index is 12.0. The van der Waals surface area contributed by atoms with Crippen LogP contribution in [0.4, 0.5) is 0 Å². The number of amides is 1. The molecule has 0 aliphatic heterocycles. The zero-order valence-electron chi connectivity index (χ0n) is 14.3. The molecule has 5 heteroatoms. The molecule has 0 unspecified atom stereocenters. The Labute approximate surface area is 152 Å². The van der Waals surface area contributed by atoms with Crippen LogP contribution in [0.5, 0.6) is 0 Å². The van der Waals surface area contributed by atoms with Gasteiger partial charge in [-0.3, -0.25) is 4.79 Å². The number of hydrogen-bond acceptors (Lipinski definition) is 2. The summed E-state index contributed by atoms with van der Waals surface area (Å²) in [6.45, 7) is 3.68. The number of aryl methyl sites for hydroxylation is 2. The van der Waals surface area contributed by atoms with Gasteiger partial charge in [0.25, 0.3) is 0 Å². The fourth-order valence-electron chi connectivity index (χ4n) is 2.99. The Morgan fingerprint density at radius 2 is 1.92 bits per heavy atom. The summed E-state index contributed by atoms with van der Waals surface area (Å²) in [6, 6.07) is 15.6. The van der Waals surface area contributed by atoms with E-state index >= 15 is 0 Å². The Morgan fingerprint density at radius 3 is 2.68 bits per heavy atom. The van der Waals surface area contributed by atoms with Crippen LogP contribution in [0.15, 0.2) is 48.5 Å². The van der Waals surface area contributed by atoms with Gasteiger partial charge in [0, 0.05) is 24.5 Å². The molecule has 0 spiro atoms. The third-order valence-electron chi connectivity index (χ3n) is 4.23. The number of para-hydroxylation sites is 2. The fourth-order valence-corrected chi connectivity index (χ4v) is 3.12. The minimum atomic E-state index is 0.0336. The quantitative estimate of drug-likeness (QED) is 0.651. The Balaban J connectivity index is 1.50. The summed E-state index contributed by atoms with van der Waals surface area (Å²) in [5.74, 6) is 1.11. The van der Waals surface area contributed by atoms with E-state index in [0.717, 1.165) is 36.3 Å². The van der Waals surface area contributed by atoms with Gasteiger partial charge in [-0.15, -0.1) is 0 Å². The van der Waals surface area contributed by atoms with Crippen molar-refractivity contribution in [2.75, 3.05) is 6.54 Å². The van der Waals surface area contributed by atoms with E-state index < -0.39 is 0 Å². The Hall–Kier alpha value is -2.33. The first kappa shape index (κ1) is 17.5.